The van der Waals surface area contributed by atoms with Crippen LogP contribution in [0, 0.1) is 0 Å². The quantitative estimate of drug-likeness (QED) is 0.595. The summed E-state index contributed by atoms with van der Waals surface area (Å²) >= 11 is 0. The smallest absolute Gasteiger partial charge is 0.115 e. The minimum absolute atomic E-state index is 0.234. The first kappa shape index (κ1) is 12.1. The Morgan fingerprint density at radius 1 is 1.00 bits per heavy atom. The van der Waals surface area contributed by atoms with Gasteiger partial charge in [0, 0.05) is 0 Å². The van der Waals surface area contributed by atoms with Crippen LogP contribution in [0.4, 0.5) is 0 Å². The summed E-state index contributed by atoms with van der Waals surface area (Å²) in [5, 5.41) is 18.5. The maximum atomic E-state index is 9.30. The van der Waals surface area contributed by atoms with Gasteiger partial charge in [-0.2, -0.15) is 0 Å². The first-order chi connectivity index (χ1) is 7.67. The molecule has 1 aromatic carbocycles. The first-order valence-electron chi connectivity index (χ1n) is 5.16. The van der Waals surface area contributed by atoms with Gasteiger partial charge in [-0.05, 0) is 49.3 Å². The molecule has 0 spiro atoms. The van der Waals surface area contributed by atoms with E-state index in [2.05, 4.69) is 0 Å². The Kier molecular flexibility index (Phi) is 4.40. The lowest BCUT2D eigenvalue weighted by atomic mass is 10.1. The van der Waals surface area contributed by atoms with Crippen LogP contribution >= 0.6 is 0 Å². The molecule has 0 aliphatic carbocycles. The van der Waals surface area contributed by atoms with Crippen molar-refractivity contribution < 1.29 is 10.2 Å². The van der Waals surface area contributed by atoms with Crippen molar-refractivity contribution in [1.29, 1.82) is 0 Å². The molecule has 1 rings (SSSR count). The predicted molar refractivity (Wildman–Crippen MR) is 67.3 cm³/mol. The summed E-state index contributed by atoms with van der Waals surface area (Å²) in [6.45, 7) is 3.70. The summed E-state index contributed by atoms with van der Waals surface area (Å²) in [5.74, 6) is 0.484. The molecule has 2 nitrogen and oxygen atoms in total. The van der Waals surface area contributed by atoms with E-state index >= 15 is 0 Å². The number of aliphatic hydroxyl groups is 1. The second kappa shape index (κ2) is 5.81. The lowest BCUT2D eigenvalue weighted by molar-refractivity contribution is 0.431. The van der Waals surface area contributed by atoms with Gasteiger partial charge in [-0.15, -0.1) is 0 Å². The Balaban J connectivity index is 2.92. The summed E-state index contributed by atoms with van der Waals surface area (Å²) in [6.07, 6.45) is 7.05. The van der Waals surface area contributed by atoms with Crippen molar-refractivity contribution in [2.24, 2.45) is 0 Å². The molecule has 0 atom stereocenters. The van der Waals surface area contributed by atoms with Gasteiger partial charge in [0.05, 0.1) is 0 Å². The zero-order valence-electron chi connectivity index (χ0n) is 9.51. The zero-order chi connectivity index (χ0) is 12.0. The van der Waals surface area contributed by atoms with Gasteiger partial charge in [0.15, 0.2) is 0 Å². The van der Waals surface area contributed by atoms with Crippen LogP contribution in [0.25, 0.3) is 5.57 Å². The molecule has 0 amide bonds. The summed E-state index contributed by atoms with van der Waals surface area (Å²) in [5.41, 5.74) is 1.99. The van der Waals surface area contributed by atoms with Crippen molar-refractivity contribution >= 4 is 5.57 Å². The Bertz CT molecular complexity index is 423. The van der Waals surface area contributed by atoms with Crippen LogP contribution in [-0.4, -0.2) is 10.2 Å². The maximum Gasteiger partial charge on any atom is 0.115 e. The normalized spacial score (nSPS) is 13.4. The molecule has 0 aliphatic rings. The van der Waals surface area contributed by atoms with Crippen LogP contribution in [-0.2, 0) is 0 Å². The van der Waals surface area contributed by atoms with Gasteiger partial charge >= 0.3 is 0 Å². The van der Waals surface area contributed by atoms with Gasteiger partial charge in [0.25, 0.3) is 0 Å². The van der Waals surface area contributed by atoms with Crippen molar-refractivity contribution in [3.05, 3.63) is 59.9 Å². The van der Waals surface area contributed by atoms with E-state index < -0.39 is 0 Å². The highest BCUT2D eigenvalue weighted by Crippen LogP contribution is 2.19. The third-order valence-electron chi connectivity index (χ3n) is 2.24. The van der Waals surface area contributed by atoms with E-state index in [1.807, 2.05) is 31.2 Å². The van der Waals surface area contributed by atoms with Crippen molar-refractivity contribution in [3.63, 3.8) is 0 Å². The Hall–Kier alpha value is -1.96. The number of hydrogen-bond acceptors (Lipinski definition) is 2. The molecule has 1 aromatic rings. The number of phenols is 1. The average molecular weight is 216 g/mol. The van der Waals surface area contributed by atoms with Gasteiger partial charge in [0.1, 0.15) is 11.5 Å². The second-order valence-electron chi connectivity index (χ2n) is 3.34. The minimum Gasteiger partial charge on any atom is -0.508 e. The molecule has 0 heterocycles. The fraction of sp³-hybridized carbons (Fsp3) is 0.143. The topological polar surface area (TPSA) is 40.5 Å². The Labute approximate surface area is 95.9 Å². The van der Waals surface area contributed by atoms with Crippen molar-refractivity contribution in [3.8, 4) is 5.75 Å². The molecule has 0 saturated carbocycles. The zero-order valence-corrected chi connectivity index (χ0v) is 9.51. The summed E-state index contributed by atoms with van der Waals surface area (Å²) in [6, 6.07) is 6.95. The molecule has 2 N–H and O–H groups in total. The van der Waals surface area contributed by atoms with Crippen molar-refractivity contribution in [1.82, 2.24) is 0 Å². The fourth-order valence-corrected chi connectivity index (χ4v) is 1.28. The minimum atomic E-state index is 0.234. The van der Waals surface area contributed by atoms with E-state index in [0.29, 0.717) is 0 Å². The van der Waals surface area contributed by atoms with Crippen LogP contribution in [0.15, 0.2) is 54.3 Å². The third kappa shape index (κ3) is 3.31. The van der Waals surface area contributed by atoms with E-state index in [1.54, 1.807) is 31.2 Å². The van der Waals surface area contributed by atoms with E-state index in [-0.39, 0.29) is 11.5 Å². The number of hydrogen-bond donors (Lipinski definition) is 2. The van der Waals surface area contributed by atoms with E-state index in [9.17, 15) is 10.2 Å². The monoisotopic (exact) mass is 216 g/mol. The second-order valence-corrected chi connectivity index (χ2v) is 3.34. The SMILES string of the molecule is C\C=C(O)/C=C\C(=C/C)c1ccc(O)cc1. The van der Waals surface area contributed by atoms with Crippen molar-refractivity contribution in [2.75, 3.05) is 0 Å². The average Bonchev–Trinajstić information content (AvgIpc) is 2.31. The van der Waals surface area contributed by atoms with Gasteiger partial charge in [-0.25, -0.2) is 0 Å². The van der Waals surface area contributed by atoms with Gasteiger partial charge in [-0.1, -0.05) is 24.3 Å². The number of phenolic OH excluding ortho intramolecular Hbond substituents is 1. The van der Waals surface area contributed by atoms with Gasteiger partial charge in [0.2, 0.25) is 0 Å². The highest BCUT2D eigenvalue weighted by molar-refractivity contribution is 5.74. The number of aliphatic hydroxyl groups excluding tert-OH is 1. The van der Waals surface area contributed by atoms with Crippen LogP contribution in [0.3, 0.4) is 0 Å². The first-order valence-corrected chi connectivity index (χ1v) is 5.16. The highest BCUT2D eigenvalue weighted by Gasteiger charge is 1.96. The molecule has 0 fully saturated rings. The molecule has 0 bridgehead atoms. The lowest BCUT2D eigenvalue weighted by Crippen LogP contribution is -1.80. The van der Waals surface area contributed by atoms with E-state index in [1.165, 1.54) is 0 Å². The molecule has 2 heteroatoms. The summed E-state index contributed by atoms with van der Waals surface area (Å²) < 4.78 is 0. The number of rotatable bonds is 3. The number of benzene rings is 1. The molecular formula is C14H16O2. The van der Waals surface area contributed by atoms with Crippen molar-refractivity contribution in [2.45, 2.75) is 13.8 Å². The van der Waals surface area contributed by atoms with Gasteiger partial charge in [-0.3, -0.25) is 0 Å². The van der Waals surface area contributed by atoms with Crippen LogP contribution < -0.4 is 0 Å². The van der Waals surface area contributed by atoms with Crippen LogP contribution in [0.5, 0.6) is 5.75 Å². The summed E-state index contributed by atoms with van der Waals surface area (Å²) in [7, 11) is 0. The number of aromatic hydroxyl groups is 1. The molecule has 0 saturated heterocycles. The van der Waals surface area contributed by atoms with E-state index in [0.717, 1.165) is 11.1 Å². The molecule has 0 aromatic heterocycles. The molecule has 0 radical (unpaired) electrons. The Morgan fingerprint density at radius 3 is 2.12 bits per heavy atom. The molecule has 0 unspecified atom stereocenters. The molecule has 84 valence electrons. The largest absolute Gasteiger partial charge is 0.508 e. The van der Waals surface area contributed by atoms with Crippen LogP contribution in [0.1, 0.15) is 19.4 Å². The Morgan fingerprint density at radius 2 is 1.62 bits per heavy atom. The standard InChI is InChI=1S/C14H16O2/c1-3-11(5-8-13(15)4-2)12-6-9-14(16)10-7-12/h3-10,15-16H,1-2H3/b8-5-,11-3+,13-4+. The van der Waals surface area contributed by atoms with E-state index in [4.69, 9.17) is 0 Å². The maximum absolute atomic E-state index is 9.30. The third-order valence-corrected chi connectivity index (χ3v) is 2.24. The van der Waals surface area contributed by atoms with Gasteiger partial charge < -0.3 is 10.2 Å². The molecule has 16 heavy (non-hydrogen) atoms. The summed E-state index contributed by atoms with van der Waals surface area (Å²) in [4.78, 5) is 0. The molecule has 0 aliphatic heterocycles. The predicted octanol–water partition coefficient (Wildman–Crippen LogP) is 3.81. The fourth-order valence-electron chi connectivity index (χ4n) is 1.28. The number of allylic oxidation sites excluding steroid dienone is 5. The molecular weight excluding hydrogens is 200 g/mol. The highest BCUT2D eigenvalue weighted by atomic mass is 16.3. The van der Waals surface area contributed by atoms with Crippen LogP contribution in [0.2, 0.25) is 0 Å². The lowest BCUT2D eigenvalue weighted by Gasteiger charge is -2.02.